The molecule has 0 radical (unpaired) electrons. The van der Waals surface area contributed by atoms with Crippen molar-refractivity contribution in [3.05, 3.63) is 139 Å². The standard InChI is InChI=1S/C20H13ClF7N3O2.C20H15ClF7N3/c1-10-5-14(18(22,19(23,24)25)20(26,27)28)6-11(2)17(10)30-9-13(8-29-30)12-3-4-15(21)16(7-12)31(32)33;1-10-5-14(18(22,19(23,24)25)20(26,27)28)6-11(2)17(10)31-9-13(8-30-31)12-3-4-15(21)16(29)7-12/h3-9H,1-2H3;3-9H,29H2,1-2H3. The minimum absolute atomic E-state index is 0.0178. The van der Waals surface area contributed by atoms with Crippen LogP contribution in [0.25, 0.3) is 33.6 Å². The molecule has 2 N–H and O–H groups in total. The summed E-state index contributed by atoms with van der Waals surface area (Å²) >= 11 is 11.7. The van der Waals surface area contributed by atoms with E-state index in [-0.39, 0.29) is 44.3 Å². The molecule has 64 heavy (non-hydrogen) atoms. The van der Waals surface area contributed by atoms with Crippen molar-refractivity contribution in [1.29, 1.82) is 0 Å². The SMILES string of the molecule is Cc1cc(C(F)(C(F)(F)F)C(F)(F)F)cc(C)c1-n1cc(-c2ccc(Cl)c(N)c2)cn1.Cc1cc(C(F)(C(F)(F)F)C(F)(F)F)cc(C)c1-n1cc(-c2ccc(Cl)c([N+](=O)[O-])c2)cn1. The van der Waals surface area contributed by atoms with Crippen LogP contribution in [0.3, 0.4) is 0 Å². The Labute approximate surface area is 362 Å². The third-order valence-electron chi connectivity index (χ3n) is 9.77. The van der Waals surface area contributed by atoms with Crippen molar-refractivity contribution in [1.82, 2.24) is 19.6 Å². The van der Waals surface area contributed by atoms with E-state index in [1.807, 2.05) is 0 Å². The number of nitro benzene ring substituents is 1. The molecule has 4 aromatic carbocycles. The van der Waals surface area contributed by atoms with Crippen LogP contribution in [0.15, 0.2) is 85.5 Å². The number of anilines is 1. The topological polar surface area (TPSA) is 105 Å². The highest BCUT2D eigenvalue weighted by Crippen LogP contribution is 2.55. The van der Waals surface area contributed by atoms with Gasteiger partial charge in [-0.25, -0.2) is 18.1 Å². The number of nitrogen functional groups attached to an aromatic ring is 1. The Morgan fingerprint density at radius 1 is 0.531 bits per heavy atom. The molecule has 2 aromatic heterocycles. The fraction of sp³-hybridized carbons (Fsp3) is 0.250. The van der Waals surface area contributed by atoms with Crippen molar-refractivity contribution in [3.63, 3.8) is 0 Å². The maximum Gasteiger partial charge on any atom is 0.435 e. The van der Waals surface area contributed by atoms with Crippen LogP contribution < -0.4 is 5.73 Å². The third-order valence-corrected chi connectivity index (χ3v) is 10.4. The summed E-state index contributed by atoms with van der Waals surface area (Å²) in [4.78, 5) is 10.4. The van der Waals surface area contributed by atoms with Crippen molar-refractivity contribution in [3.8, 4) is 33.6 Å². The predicted molar refractivity (Wildman–Crippen MR) is 208 cm³/mol. The second kappa shape index (κ2) is 16.9. The second-order valence-corrected chi connectivity index (χ2v) is 15.0. The largest absolute Gasteiger partial charge is 0.435 e. The Bertz CT molecular complexity index is 2670. The van der Waals surface area contributed by atoms with Crippen LogP contribution in [0, 0.1) is 37.8 Å². The van der Waals surface area contributed by atoms with Gasteiger partial charge in [-0.2, -0.15) is 62.9 Å². The molecule has 0 amide bonds. The van der Waals surface area contributed by atoms with Gasteiger partial charge >= 0.3 is 36.0 Å². The van der Waals surface area contributed by atoms with Crippen molar-refractivity contribution < 1.29 is 66.4 Å². The lowest BCUT2D eigenvalue weighted by molar-refractivity contribution is -0.384. The van der Waals surface area contributed by atoms with Gasteiger partial charge in [0.25, 0.3) is 5.69 Å². The van der Waals surface area contributed by atoms with E-state index < -0.39 is 52.1 Å². The number of halogens is 16. The number of aryl methyl sites for hydroxylation is 4. The predicted octanol–water partition coefficient (Wildman–Crippen LogP) is 13.7. The molecular weight excluding hydrogens is 933 g/mol. The second-order valence-electron chi connectivity index (χ2n) is 14.2. The molecule has 24 heteroatoms. The first kappa shape index (κ1) is 49.1. The monoisotopic (exact) mass is 960 g/mol. The molecule has 0 spiro atoms. The van der Waals surface area contributed by atoms with E-state index >= 15 is 0 Å². The average molecular weight is 962 g/mol. The molecule has 0 aliphatic heterocycles. The Kier molecular flexibility index (Phi) is 13.0. The number of aromatic nitrogens is 4. The zero-order valence-electron chi connectivity index (χ0n) is 32.8. The molecule has 0 bridgehead atoms. The zero-order valence-corrected chi connectivity index (χ0v) is 34.3. The molecule has 8 nitrogen and oxygen atoms in total. The highest BCUT2D eigenvalue weighted by molar-refractivity contribution is 6.33. The molecule has 0 saturated carbocycles. The van der Waals surface area contributed by atoms with E-state index in [4.69, 9.17) is 28.9 Å². The Balaban J connectivity index is 0.000000241. The normalized spacial score (nSPS) is 12.9. The van der Waals surface area contributed by atoms with E-state index in [1.54, 1.807) is 18.2 Å². The molecule has 0 aliphatic rings. The van der Waals surface area contributed by atoms with Crippen molar-refractivity contribution >= 4 is 34.6 Å². The maximum absolute atomic E-state index is 14.5. The minimum Gasteiger partial charge on any atom is -0.398 e. The van der Waals surface area contributed by atoms with Crippen LogP contribution in [-0.2, 0) is 11.3 Å². The van der Waals surface area contributed by atoms with Gasteiger partial charge in [-0.1, -0.05) is 59.6 Å². The molecule has 0 fully saturated rings. The summed E-state index contributed by atoms with van der Waals surface area (Å²) in [6.07, 6.45) is -19.2. The maximum atomic E-state index is 14.5. The van der Waals surface area contributed by atoms with Gasteiger partial charge in [-0.3, -0.25) is 10.1 Å². The molecule has 2 heterocycles. The third kappa shape index (κ3) is 8.93. The Morgan fingerprint density at radius 3 is 1.17 bits per heavy atom. The molecule has 0 aliphatic carbocycles. The highest BCUT2D eigenvalue weighted by atomic mass is 35.5. The van der Waals surface area contributed by atoms with Crippen LogP contribution in [0.4, 0.5) is 72.8 Å². The number of rotatable bonds is 7. The van der Waals surface area contributed by atoms with Gasteiger partial charge in [0.2, 0.25) is 0 Å². The van der Waals surface area contributed by atoms with Gasteiger partial charge in [0.1, 0.15) is 5.02 Å². The van der Waals surface area contributed by atoms with E-state index in [2.05, 4.69) is 10.2 Å². The van der Waals surface area contributed by atoms with Gasteiger partial charge in [-0.15, -0.1) is 0 Å². The first-order valence-corrected chi connectivity index (χ1v) is 18.5. The van der Waals surface area contributed by atoms with Crippen LogP contribution >= 0.6 is 23.2 Å². The number of nitrogens with zero attached hydrogens (tertiary/aromatic N) is 5. The summed E-state index contributed by atoms with van der Waals surface area (Å²) < 4.78 is 189. The van der Waals surface area contributed by atoms with E-state index in [1.165, 1.54) is 80.0 Å². The highest BCUT2D eigenvalue weighted by Gasteiger charge is 2.74. The lowest BCUT2D eigenvalue weighted by atomic mass is 9.90. The van der Waals surface area contributed by atoms with Crippen LogP contribution in [-0.4, -0.2) is 49.2 Å². The number of nitro groups is 1. The molecule has 6 aromatic rings. The Morgan fingerprint density at radius 2 is 0.859 bits per heavy atom. The number of hydrogen-bond acceptors (Lipinski definition) is 5. The number of benzene rings is 4. The van der Waals surface area contributed by atoms with E-state index in [0.29, 0.717) is 57.2 Å². The van der Waals surface area contributed by atoms with Gasteiger partial charge in [0.15, 0.2) is 0 Å². The summed E-state index contributed by atoms with van der Waals surface area (Å²) in [6, 6.07) is 10.8. The summed E-state index contributed by atoms with van der Waals surface area (Å²) in [6.45, 7) is 4.99. The van der Waals surface area contributed by atoms with Crippen molar-refractivity contribution in [2.75, 3.05) is 5.73 Å². The quantitative estimate of drug-likeness (QED) is 0.0743. The van der Waals surface area contributed by atoms with Gasteiger partial charge in [-0.05, 0) is 79.3 Å². The summed E-state index contributed by atoms with van der Waals surface area (Å²) in [5.74, 6) is 0. The lowest BCUT2D eigenvalue weighted by Gasteiger charge is -2.31. The molecule has 0 atom stereocenters. The van der Waals surface area contributed by atoms with Crippen molar-refractivity contribution in [2.45, 2.75) is 63.7 Å². The van der Waals surface area contributed by atoms with Gasteiger partial charge < -0.3 is 5.73 Å². The Hall–Kier alpha value is -5.90. The molecule has 0 unspecified atom stereocenters. The number of nitrogens with two attached hydrogens (primary N) is 1. The first-order valence-electron chi connectivity index (χ1n) is 17.7. The summed E-state index contributed by atoms with van der Waals surface area (Å²) in [5.41, 5.74) is -6.39. The van der Waals surface area contributed by atoms with Gasteiger partial charge in [0.05, 0.1) is 39.4 Å². The van der Waals surface area contributed by atoms with Gasteiger partial charge in [0, 0.05) is 40.7 Å². The fourth-order valence-electron chi connectivity index (χ4n) is 6.75. The molecule has 6 rings (SSSR count). The minimum atomic E-state index is -6.23. The zero-order chi connectivity index (χ0) is 48.3. The van der Waals surface area contributed by atoms with E-state index in [0.717, 1.165) is 0 Å². The average Bonchev–Trinajstić information content (AvgIpc) is 3.84. The molecular formula is C40H28Cl2F14N6O2. The summed E-state index contributed by atoms with van der Waals surface area (Å²) in [7, 11) is 0. The fourth-order valence-corrected chi connectivity index (χ4v) is 7.06. The number of alkyl halides is 14. The van der Waals surface area contributed by atoms with Crippen LogP contribution in [0.1, 0.15) is 33.4 Å². The first-order chi connectivity index (χ1) is 29.2. The van der Waals surface area contributed by atoms with Crippen LogP contribution in [0.5, 0.6) is 0 Å². The smallest absolute Gasteiger partial charge is 0.398 e. The molecule has 0 saturated heterocycles. The van der Waals surface area contributed by atoms with Crippen molar-refractivity contribution in [2.24, 2.45) is 0 Å². The molecule has 342 valence electrons. The van der Waals surface area contributed by atoms with E-state index in [9.17, 15) is 71.6 Å². The summed E-state index contributed by atoms with van der Waals surface area (Å²) in [5, 5.41) is 19.5. The number of hydrogen-bond donors (Lipinski definition) is 1. The lowest BCUT2D eigenvalue weighted by Crippen LogP contribution is -2.50. The van der Waals surface area contributed by atoms with Crippen LogP contribution in [0.2, 0.25) is 10.0 Å².